The van der Waals surface area contributed by atoms with Crippen LogP contribution in [0, 0.1) is 11.3 Å². The highest BCUT2D eigenvalue weighted by atomic mass is 35.5. The van der Waals surface area contributed by atoms with Gasteiger partial charge in [-0.05, 0) is 30.8 Å². The summed E-state index contributed by atoms with van der Waals surface area (Å²) in [6, 6.07) is -0.0514. The molecule has 0 aromatic rings. The van der Waals surface area contributed by atoms with Gasteiger partial charge in [0.25, 0.3) is 6.43 Å². The largest absolute Gasteiger partial charge is 0.280 e. The van der Waals surface area contributed by atoms with E-state index in [9.17, 15) is 8.78 Å². The van der Waals surface area contributed by atoms with Crippen LogP contribution in [0.4, 0.5) is 8.78 Å². The molecule has 1 heterocycles. The molecule has 0 radical (unpaired) electrons. The highest BCUT2D eigenvalue weighted by Crippen LogP contribution is 2.44. The number of halogens is 3. The Hall–Kier alpha value is -0.440. The first kappa shape index (κ1) is 14.0. The summed E-state index contributed by atoms with van der Waals surface area (Å²) in [4.78, 5) is 4.22. The first-order valence-corrected chi connectivity index (χ1v) is 6.94. The average Bonchev–Trinajstić information content (AvgIpc) is 2.25. The highest BCUT2D eigenvalue weighted by Gasteiger charge is 2.39. The van der Waals surface area contributed by atoms with Crippen molar-refractivity contribution in [1.29, 1.82) is 0 Å². The van der Waals surface area contributed by atoms with E-state index < -0.39 is 6.43 Å². The zero-order chi connectivity index (χ0) is 13.5. The molecule has 102 valence electrons. The lowest BCUT2D eigenvalue weighted by Gasteiger charge is -2.41. The molecule has 1 saturated carbocycles. The van der Waals surface area contributed by atoms with Crippen LogP contribution in [0.15, 0.2) is 16.6 Å². The lowest BCUT2D eigenvalue weighted by atomic mass is 9.69. The van der Waals surface area contributed by atoms with Gasteiger partial charge in [0, 0.05) is 11.3 Å². The van der Waals surface area contributed by atoms with Gasteiger partial charge in [0.15, 0.2) is 0 Å². The van der Waals surface area contributed by atoms with Gasteiger partial charge >= 0.3 is 0 Å². The van der Waals surface area contributed by atoms with Gasteiger partial charge in [0.05, 0.1) is 6.04 Å². The number of alkyl halides is 3. The van der Waals surface area contributed by atoms with E-state index in [4.69, 9.17) is 11.6 Å². The summed E-state index contributed by atoms with van der Waals surface area (Å²) in [5, 5.41) is 0.0771. The fourth-order valence-electron chi connectivity index (χ4n) is 2.99. The van der Waals surface area contributed by atoms with Gasteiger partial charge in [-0.3, -0.25) is 4.99 Å². The Labute approximate surface area is 112 Å². The maximum atomic E-state index is 12.9. The fraction of sp³-hybridized carbons (Fsp3) is 0.786. The molecule has 0 amide bonds. The molecule has 4 heteroatoms. The van der Waals surface area contributed by atoms with Crippen molar-refractivity contribution in [3.05, 3.63) is 11.6 Å². The third kappa shape index (κ3) is 2.76. The molecule has 3 unspecified atom stereocenters. The number of fused-ring (bicyclic) bond motifs is 1. The molecule has 2 aliphatic rings. The first-order valence-electron chi connectivity index (χ1n) is 6.51. The zero-order valence-electron chi connectivity index (χ0n) is 11.1. The van der Waals surface area contributed by atoms with Crippen LogP contribution >= 0.6 is 11.6 Å². The first-order chi connectivity index (χ1) is 8.29. The number of dihydropyridines is 1. The van der Waals surface area contributed by atoms with Crippen LogP contribution in [-0.4, -0.2) is 23.6 Å². The Morgan fingerprint density at radius 3 is 2.56 bits per heavy atom. The number of nitrogens with zero attached hydrogens (tertiary/aromatic N) is 1. The van der Waals surface area contributed by atoms with Crippen LogP contribution in [0.2, 0.25) is 0 Å². The molecule has 18 heavy (non-hydrogen) atoms. The molecule has 1 aliphatic carbocycles. The van der Waals surface area contributed by atoms with Gasteiger partial charge in [-0.2, -0.15) is 0 Å². The maximum Gasteiger partial charge on any atom is 0.279 e. The van der Waals surface area contributed by atoms with Gasteiger partial charge in [0.2, 0.25) is 0 Å². The molecule has 1 fully saturated rings. The summed E-state index contributed by atoms with van der Waals surface area (Å²) < 4.78 is 25.9. The standard InChI is InChI=1S/C14H20ClF2N/c1-14(2,3)10-7-12(13(16)17)18-11-6-8(15)4-5-9(10)11/h7-9,11,13H,4-6H2,1-3H3. The minimum Gasteiger partial charge on any atom is -0.280 e. The summed E-state index contributed by atoms with van der Waals surface area (Å²) in [5.41, 5.74) is 0.964. The Kier molecular flexibility index (Phi) is 3.82. The van der Waals surface area contributed by atoms with Crippen LogP contribution in [0.1, 0.15) is 40.0 Å². The topological polar surface area (TPSA) is 12.4 Å². The van der Waals surface area contributed by atoms with Crippen molar-refractivity contribution >= 4 is 17.3 Å². The molecule has 1 nitrogen and oxygen atoms in total. The van der Waals surface area contributed by atoms with Gasteiger partial charge in [-0.25, -0.2) is 8.78 Å². The summed E-state index contributed by atoms with van der Waals surface area (Å²) in [6.07, 6.45) is 1.77. The van der Waals surface area contributed by atoms with E-state index in [0.717, 1.165) is 24.8 Å². The quantitative estimate of drug-likeness (QED) is 0.627. The van der Waals surface area contributed by atoms with Crippen molar-refractivity contribution < 1.29 is 8.78 Å². The monoisotopic (exact) mass is 275 g/mol. The molecule has 0 aromatic carbocycles. The van der Waals surface area contributed by atoms with Crippen molar-refractivity contribution in [3.8, 4) is 0 Å². The SMILES string of the molecule is CC(C)(C)C1=CC(C(F)F)=NC2CC(Cl)CCC12. The molecule has 0 bridgehead atoms. The second-order valence-corrected chi connectivity index (χ2v) is 6.91. The minimum absolute atomic E-state index is 0.0514. The number of hydrogen-bond donors (Lipinski definition) is 0. The van der Waals surface area contributed by atoms with Crippen molar-refractivity contribution in [2.75, 3.05) is 0 Å². The number of rotatable bonds is 1. The maximum absolute atomic E-state index is 12.9. The van der Waals surface area contributed by atoms with E-state index in [0.29, 0.717) is 5.92 Å². The molecular formula is C14H20ClF2N. The third-order valence-corrected chi connectivity index (χ3v) is 4.26. The molecule has 1 aliphatic heterocycles. The fourth-order valence-corrected chi connectivity index (χ4v) is 3.30. The second-order valence-electron chi connectivity index (χ2n) is 6.29. The van der Waals surface area contributed by atoms with Gasteiger partial charge in [-0.15, -0.1) is 11.6 Å². The Bertz CT molecular complexity index is 382. The average molecular weight is 276 g/mol. The summed E-state index contributed by atoms with van der Waals surface area (Å²) in [6.45, 7) is 6.24. The van der Waals surface area contributed by atoms with Gasteiger partial charge in [0.1, 0.15) is 5.71 Å². The molecule has 2 rings (SSSR count). The van der Waals surface area contributed by atoms with Crippen molar-refractivity contribution in [3.63, 3.8) is 0 Å². The predicted molar refractivity (Wildman–Crippen MR) is 71.7 cm³/mol. The zero-order valence-corrected chi connectivity index (χ0v) is 11.8. The van der Waals surface area contributed by atoms with Crippen molar-refractivity contribution in [2.24, 2.45) is 16.3 Å². The van der Waals surface area contributed by atoms with E-state index in [2.05, 4.69) is 25.8 Å². The number of hydrogen-bond acceptors (Lipinski definition) is 1. The van der Waals surface area contributed by atoms with Crippen LogP contribution in [-0.2, 0) is 0 Å². The Morgan fingerprint density at radius 2 is 2.00 bits per heavy atom. The normalized spacial score (nSPS) is 32.9. The third-order valence-electron chi connectivity index (χ3n) is 3.86. The molecule has 0 spiro atoms. The predicted octanol–water partition coefficient (Wildman–Crippen LogP) is 4.45. The van der Waals surface area contributed by atoms with Crippen molar-refractivity contribution in [2.45, 2.75) is 57.9 Å². The smallest absolute Gasteiger partial charge is 0.279 e. The molecule has 3 atom stereocenters. The molecule has 0 aromatic heterocycles. The van der Waals surface area contributed by atoms with Crippen molar-refractivity contribution in [1.82, 2.24) is 0 Å². The summed E-state index contributed by atoms with van der Waals surface area (Å²) >= 11 is 6.15. The van der Waals surface area contributed by atoms with E-state index in [1.807, 2.05) is 0 Å². The van der Waals surface area contributed by atoms with Gasteiger partial charge < -0.3 is 0 Å². The van der Waals surface area contributed by atoms with E-state index >= 15 is 0 Å². The molecule has 0 saturated heterocycles. The van der Waals surface area contributed by atoms with Gasteiger partial charge in [-0.1, -0.05) is 26.3 Å². The number of allylic oxidation sites excluding steroid dienone is 1. The Balaban J connectivity index is 2.35. The van der Waals surface area contributed by atoms with Crippen LogP contribution in [0.3, 0.4) is 0 Å². The molecular weight excluding hydrogens is 256 g/mol. The lowest BCUT2D eigenvalue weighted by Crippen LogP contribution is -2.38. The van der Waals surface area contributed by atoms with Crippen LogP contribution < -0.4 is 0 Å². The minimum atomic E-state index is -2.49. The number of aliphatic imine (C=N–C) groups is 1. The lowest BCUT2D eigenvalue weighted by molar-refractivity contribution is 0.221. The molecule has 0 N–H and O–H groups in total. The summed E-state index contributed by atoms with van der Waals surface area (Å²) in [5.74, 6) is 0.294. The highest BCUT2D eigenvalue weighted by molar-refractivity contribution is 6.20. The Morgan fingerprint density at radius 1 is 1.33 bits per heavy atom. The van der Waals surface area contributed by atoms with E-state index in [-0.39, 0.29) is 22.5 Å². The van der Waals surface area contributed by atoms with E-state index in [1.54, 1.807) is 6.08 Å². The van der Waals surface area contributed by atoms with E-state index in [1.165, 1.54) is 0 Å². The summed E-state index contributed by atoms with van der Waals surface area (Å²) in [7, 11) is 0. The van der Waals surface area contributed by atoms with Crippen LogP contribution in [0.25, 0.3) is 0 Å². The van der Waals surface area contributed by atoms with Crippen LogP contribution in [0.5, 0.6) is 0 Å². The second kappa shape index (κ2) is 4.92.